The molecule has 1 unspecified atom stereocenters. The molecule has 4 rings (SSSR count). The van der Waals surface area contributed by atoms with Crippen molar-refractivity contribution in [2.24, 2.45) is 5.92 Å². The standard InChI is InChI=1S/C20H24N6O2/c1-14-11-15(2)26(24-14)19-8-7-18(22-23-19)25-9-3-5-16(13-25)20(27)21-12-17-6-4-10-28-17/h4,6-8,10-11,16H,3,5,9,12-13H2,1-2H3,(H,21,27). The number of carbonyl (C=O) groups excluding carboxylic acids is 1. The Hall–Kier alpha value is -3.16. The second-order valence-electron chi connectivity index (χ2n) is 7.17. The molecule has 1 atom stereocenters. The summed E-state index contributed by atoms with van der Waals surface area (Å²) in [5.74, 6) is 2.22. The highest BCUT2D eigenvalue weighted by molar-refractivity contribution is 5.79. The van der Waals surface area contributed by atoms with Gasteiger partial charge in [-0.1, -0.05) is 0 Å². The predicted octanol–water partition coefficient (Wildman–Crippen LogP) is 2.40. The van der Waals surface area contributed by atoms with E-state index in [4.69, 9.17) is 4.42 Å². The summed E-state index contributed by atoms with van der Waals surface area (Å²) in [5.41, 5.74) is 1.97. The van der Waals surface area contributed by atoms with Gasteiger partial charge >= 0.3 is 0 Å². The van der Waals surface area contributed by atoms with E-state index >= 15 is 0 Å². The molecule has 4 heterocycles. The van der Waals surface area contributed by atoms with E-state index in [1.807, 2.05) is 44.2 Å². The quantitative estimate of drug-likeness (QED) is 0.731. The second-order valence-corrected chi connectivity index (χ2v) is 7.17. The third-order valence-corrected chi connectivity index (χ3v) is 5.00. The van der Waals surface area contributed by atoms with E-state index in [1.54, 1.807) is 10.9 Å². The maximum absolute atomic E-state index is 12.5. The van der Waals surface area contributed by atoms with Crippen molar-refractivity contribution in [2.45, 2.75) is 33.2 Å². The van der Waals surface area contributed by atoms with Crippen molar-refractivity contribution >= 4 is 11.7 Å². The lowest BCUT2D eigenvalue weighted by Crippen LogP contribution is -2.43. The van der Waals surface area contributed by atoms with Gasteiger partial charge in [-0.25, -0.2) is 4.68 Å². The molecule has 146 valence electrons. The highest BCUT2D eigenvalue weighted by Gasteiger charge is 2.26. The summed E-state index contributed by atoms with van der Waals surface area (Å²) in [6.45, 7) is 5.87. The monoisotopic (exact) mass is 380 g/mol. The zero-order chi connectivity index (χ0) is 19.5. The minimum atomic E-state index is -0.0683. The average molecular weight is 380 g/mol. The van der Waals surface area contributed by atoms with Crippen LogP contribution in [0, 0.1) is 19.8 Å². The fourth-order valence-electron chi connectivity index (χ4n) is 3.59. The van der Waals surface area contributed by atoms with E-state index in [0.29, 0.717) is 18.9 Å². The Bertz CT molecular complexity index is 932. The van der Waals surface area contributed by atoms with E-state index in [9.17, 15) is 4.79 Å². The molecule has 0 spiro atoms. The molecule has 8 heteroatoms. The van der Waals surface area contributed by atoms with Crippen molar-refractivity contribution in [3.63, 3.8) is 0 Å². The van der Waals surface area contributed by atoms with Crippen LogP contribution in [-0.4, -0.2) is 39.0 Å². The van der Waals surface area contributed by atoms with Gasteiger partial charge in [-0.3, -0.25) is 4.79 Å². The third-order valence-electron chi connectivity index (χ3n) is 5.00. The fraction of sp³-hybridized carbons (Fsp3) is 0.400. The van der Waals surface area contributed by atoms with Gasteiger partial charge in [-0.2, -0.15) is 5.10 Å². The fourth-order valence-corrected chi connectivity index (χ4v) is 3.59. The Labute approximate surface area is 163 Å². The van der Waals surface area contributed by atoms with Crippen molar-refractivity contribution in [1.82, 2.24) is 25.3 Å². The summed E-state index contributed by atoms with van der Waals surface area (Å²) in [5, 5.41) is 16.1. The molecular weight excluding hydrogens is 356 g/mol. The van der Waals surface area contributed by atoms with Crippen LogP contribution in [0.1, 0.15) is 30.0 Å². The van der Waals surface area contributed by atoms with Gasteiger partial charge in [0.2, 0.25) is 5.91 Å². The SMILES string of the molecule is Cc1cc(C)n(-c2ccc(N3CCCC(C(=O)NCc4ccco4)C3)nn2)n1. The first-order chi connectivity index (χ1) is 13.6. The van der Waals surface area contributed by atoms with E-state index in [0.717, 1.165) is 42.4 Å². The number of aryl methyl sites for hydroxylation is 2. The number of hydrogen-bond donors (Lipinski definition) is 1. The summed E-state index contributed by atoms with van der Waals surface area (Å²) in [7, 11) is 0. The Balaban J connectivity index is 1.40. The number of carbonyl (C=O) groups is 1. The van der Waals surface area contributed by atoms with E-state index in [2.05, 4.69) is 25.5 Å². The highest BCUT2D eigenvalue weighted by atomic mass is 16.3. The Kier molecular flexibility index (Phi) is 5.10. The Morgan fingerprint density at radius 3 is 2.75 bits per heavy atom. The number of furan rings is 1. The molecular formula is C20H24N6O2. The molecule has 0 aliphatic carbocycles. The molecule has 3 aromatic heterocycles. The first-order valence-electron chi connectivity index (χ1n) is 9.52. The van der Waals surface area contributed by atoms with E-state index in [1.165, 1.54) is 0 Å². The molecule has 28 heavy (non-hydrogen) atoms. The normalized spacial score (nSPS) is 16.9. The maximum atomic E-state index is 12.5. The third kappa shape index (κ3) is 3.90. The van der Waals surface area contributed by atoms with E-state index in [-0.39, 0.29) is 11.8 Å². The molecule has 0 radical (unpaired) electrons. The largest absolute Gasteiger partial charge is 0.467 e. The molecule has 1 aliphatic rings. The lowest BCUT2D eigenvalue weighted by molar-refractivity contribution is -0.125. The summed E-state index contributed by atoms with van der Waals surface area (Å²) >= 11 is 0. The smallest absolute Gasteiger partial charge is 0.225 e. The molecule has 1 fully saturated rings. The van der Waals surface area contributed by atoms with Crippen LogP contribution in [0.3, 0.4) is 0 Å². The van der Waals surface area contributed by atoms with Gasteiger partial charge in [0.25, 0.3) is 0 Å². The van der Waals surface area contributed by atoms with Crippen LogP contribution in [0.25, 0.3) is 5.82 Å². The molecule has 0 saturated carbocycles. The van der Waals surface area contributed by atoms with Crippen molar-refractivity contribution in [3.05, 3.63) is 53.7 Å². The molecule has 8 nitrogen and oxygen atoms in total. The lowest BCUT2D eigenvalue weighted by Gasteiger charge is -2.32. The van der Waals surface area contributed by atoms with E-state index < -0.39 is 0 Å². The molecule has 0 bridgehead atoms. The number of anilines is 1. The van der Waals surface area contributed by atoms with Crippen LogP contribution in [-0.2, 0) is 11.3 Å². The van der Waals surface area contributed by atoms with Crippen molar-refractivity contribution < 1.29 is 9.21 Å². The van der Waals surface area contributed by atoms with Gasteiger partial charge in [0, 0.05) is 18.8 Å². The van der Waals surface area contributed by atoms with Gasteiger partial charge in [0.1, 0.15) is 5.76 Å². The van der Waals surface area contributed by atoms with Crippen LogP contribution in [0.5, 0.6) is 0 Å². The maximum Gasteiger partial charge on any atom is 0.225 e. The molecule has 1 aliphatic heterocycles. The molecule has 1 saturated heterocycles. The number of aromatic nitrogens is 4. The number of nitrogens with zero attached hydrogens (tertiary/aromatic N) is 5. The van der Waals surface area contributed by atoms with Gasteiger partial charge < -0.3 is 14.6 Å². The summed E-state index contributed by atoms with van der Waals surface area (Å²) in [6.07, 6.45) is 3.43. The van der Waals surface area contributed by atoms with Crippen LogP contribution in [0.4, 0.5) is 5.82 Å². The number of rotatable bonds is 5. The molecule has 3 aromatic rings. The number of piperidine rings is 1. The van der Waals surface area contributed by atoms with Crippen LogP contribution in [0.2, 0.25) is 0 Å². The van der Waals surface area contributed by atoms with Gasteiger partial charge in [-0.15, -0.1) is 10.2 Å². The number of amides is 1. The number of nitrogens with one attached hydrogen (secondary N) is 1. The zero-order valence-corrected chi connectivity index (χ0v) is 16.1. The zero-order valence-electron chi connectivity index (χ0n) is 16.1. The number of hydrogen-bond acceptors (Lipinski definition) is 6. The van der Waals surface area contributed by atoms with Crippen LogP contribution < -0.4 is 10.2 Å². The predicted molar refractivity (Wildman–Crippen MR) is 104 cm³/mol. The highest BCUT2D eigenvalue weighted by Crippen LogP contribution is 2.22. The minimum Gasteiger partial charge on any atom is -0.467 e. The van der Waals surface area contributed by atoms with Gasteiger partial charge in [0.15, 0.2) is 11.6 Å². The first kappa shape index (κ1) is 18.2. The van der Waals surface area contributed by atoms with Gasteiger partial charge in [0.05, 0.1) is 24.4 Å². The van der Waals surface area contributed by atoms with Crippen LogP contribution in [0.15, 0.2) is 41.0 Å². The van der Waals surface area contributed by atoms with Crippen LogP contribution >= 0.6 is 0 Å². The molecule has 0 aromatic carbocycles. The van der Waals surface area contributed by atoms with Crippen molar-refractivity contribution in [2.75, 3.05) is 18.0 Å². The topological polar surface area (TPSA) is 89.1 Å². The van der Waals surface area contributed by atoms with Crippen molar-refractivity contribution in [1.29, 1.82) is 0 Å². The first-order valence-corrected chi connectivity index (χ1v) is 9.52. The molecule has 1 N–H and O–H groups in total. The second kappa shape index (κ2) is 7.84. The Morgan fingerprint density at radius 1 is 1.25 bits per heavy atom. The lowest BCUT2D eigenvalue weighted by atomic mass is 9.97. The Morgan fingerprint density at radius 2 is 2.07 bits per heavy atom. The molecule has 1 amide bonds. The van der Waals surface area contributed by atoms with Gasteiger partial charge in [-0.05, 0) is 57.0 Å². The average Bonchev–Trinajstić information content (AvgIpc) is 3.35. The summed E-state index contributed by atoms with van der Waals surface area (Å²) < 4.78 is 7.05. The minimum absolute atomic E-state index is 0.0494. The van der Waals surface area contributed by atoms with Crippen molar-refractivity contribution in [3.8, 4) is 5.82 Å². The summed E-state index contributed by atoms with van der Waals surface area (Å²) in [6, 6.07) is 9.54. The summed E-state index contributed by atoms with van der Waals surface area (Å²) in [4.78, 5) is 14.6.